The molecule has 1 heterocycles. The van der Waals surface area contributed by atoms with E-state index in [1.807, 2.05) is 44.2 Å². The molecule has 0 aliphatic carbocycles. The molecule has 0 atom stereocenters. The molecule has 1 aliphatic rings. The van der Waals surface area contributed by atoms with Gasteiger partial charge in [-0.3, -0.25) is 0 Å². The molecule has 0 spiro atoms. The Morgan fingerprint density at radius 3 is 2.57 bits per heavy atom. The monoisotopic (exact) mass is 283 g/mol. The van der Waals surface area contributed by atoms with Crippen molar-refractivity contribution >= 4 is 28.5 Å². The Morgan fingerprint density at radius 2 is 1.90 bits per heavy atom. The lowest BCUT2D eigenvalue weighted by atomic mass is 9.90. The van der Waals surface area contributed by atoms with E-state index in [-0.39, 0.29) is 16.9 Å². The van der Waals surface area contributed by atoms with E-state index in [9.17, 15) is 9.90 Å². The summed E-state index contributed by atoms with van der Waals surface area (Å²) in [4.78, 5) is 12.1. The Morgan fingerprint density at radius 1 is 1.24 bits per heavy atom. The van der Waals surface area contributed by atoms with Crippen LogP contribution in [0, 0.1) is 0 Å². The summed E-state index contributed by atoms with van der Waals surface area (Å²) in [5.41, 5.74) is 1.49. The Kier molecular flexibility index (Phi) is 2.90. The van der Waals surface area contributed by atoms with Crippen molar-refractivity contribution in [1.82, 2.24) is 0 Å². The van der Waals surface area contributed by atoms with Gasteiger partial charge in [0.2, 0.25) is 0 Å². The number of aromatic hydroxyl groups is 1. The molecule has 2 aromatic carbocycles. The van der Waals surface area contributed by atoms with Crippen LogP contribution < -0.4 is 5.32 Å². The van der Waals surface area contributed by atoms with Crippen molar-refractivity contribution in [3.63, 3.8) is 0 Å². The fourth-order valence-electron chi connectivity index (χ4n) is 2.71. The number of phenolic OH excluding ortho intramolecular Hbond substituents is 1. The number of phenols is 1. The maximum Gasteiger partial charge on any atom is 0.342 e. The van der Waals surface area contributed by atoms with Gasteiger partial charge < -0.3 is 15.2 Å². The van der Waals surface area contributed by atoms with Gasteiger partial charge in [0.25, 0.3) is 0 Å². The predicted molar refractivity (Wildman–Crippen MR) is 83.7 cm³/mol. The maximum atomic E-state index is 12.1. The van der Waals surface area contributed by atoms with Crippen molar-refractivity contribution in [3.8, 4) is 5.75 Å². The van der Waals surface area contributed by atoms with Gasteiger partial charge in [-0.25, -0.2) is 4.79 Å². The fourth-order valence-corrected chi connectivity index (χ4v) is 2.71. The first kappa shape index (κ1) is 13.5. The Bertz CT molecular complexity index is 775. The second kappa shape index (κ2) is 4.52. The number of benzene rings is 2. The number of nitrogens with one attached hydrogen (secondary N) is 1. The first-order valence-corrected chi connectivity index (χ1v) is 6.78. The van der Waals surface area contributed by atoms with Crippen LogP contribution >= 0.6 is 0 Å². The summed E-state index contributed by atoms with van der Waals surface area (Å²) < 4.78 is 4.82. The highest BCUT2D eigenvalue weighted by atomic mass is 16.5. The Balaban J connectivity index is 2.43. The minimum absolute atomic E-state index is 0.0395. The fraction of sp³-hybridized carbons (Fsp3) is 0.235. The molecule has 108 valence electrons. The van der Waals surface area contributed by atoms with Crippen molar-refractivity contribution < 1.29 is 14.6 Å². The number of ether oxygens (including phenoxy) is 1. The average molecular weight is 283 g/mol. The molecule has 2 aromatic rings. The minimum Gasteiger partial charge on any atom is -0.506 e. The number of methoxy groups -OCH3 is 1. The van der Waals surface area contributed by atoms with Crippen LogP contribution in [-0.4, -0.2) is 23.7 Å². The first-order valence-electron chi connectivity index (χ1n) is 6.78. The number of carbonyl (C=O) groups is 1. The second-order valence-corrected chi connectivity index (χ2v) is 5.73. The molecule has 0 saturated carbocycles. The van der Waals surface area contributed by atoms with E-state index in [1.54, 1.807) is 6.07 Å². The summed E-state index contributed by atoms with van der Waals surface area (Å²) in [6.45, 7) is 4.10. The molecule has 2 N–H and O–H groups in total. The summed E-state index contributed by atoms with van der Waals surface area (Å²) in [5, 5.41) is 15.4. The number of hydrogen-bond acceptors (Lipinski definition) is 4. The van der Waals surface area contributed by atoms with Gasteiger partial charge in [0.05, 0.1) is 18.3 Å². The van der Waals surface area contributed by atoms with Crippen LogP contribution in [0.3, 0.4) is 0 Å². The van der Waals surface area contributed by atoms with E-state index in [0.29, 0.717) is 10.9 Å². The molecule has 0 unspecified atom stereocenters. The molecule has 1 aliphatic heterocycles. The van der Waals surface area contributed by atoms with E-state index in [2.05, 4.69) is 5.32 Å². The summed E-state index contributed by atoms with van der Waals surface area (Å²) in [6.07, 6.45) is 3.83. The number of anilines is 1. The smallest absolute Gasteiger partial charge is 0.342 e. The quantitative estimate of drug-likeness (QED) is 0.620. The summed E-state index contributed by atoms with van der Waals surface area (Å²) in [7, 11) is 1.31. The van der Waals surface area contributed by atoms with E-state index < -0.39 is 5.97 Å². The zero-order valence-electron chi connectivity index (χ0n) is 12.2. The molecule has 0 aromatic heterocycles. The van der Waals surface area contributed by atoms with Gasteiger partial charge in [0.15, 0.2) is 0 Å². The molecular formula is C17H17NO3. The van der Waals surface area contributed by atoms with Crippen LogP contribution in [-0.2, 0) is 4.74 Å². The van der Waals surface area contributed by atoms with Crippen LogP contribution in [0.2, 0.25) is 0 Å². The predicted octanol–water partition coefficient (Wildman–Crippen LogP) is 3.55. The minimum atomic E-state index is -0.541. The molecule has 4 heteroatoms. The standard InChI is InChI=1S/C17H17NO3/c1-17(2)9-8-12-13(16(20)21-3)15(19)11-7-5-4-6-10(11)14(12)18-17/h4-9,18-19H,1-3H3. The lowest BCUT2D eigenvalue weighted by Crippen LogP contribution is -2.31. The number of hydrogen-bond donors (Lipinski definition) is 2. The third kappa shape index (κ3) is 2.03. The highest BCUT2D eigenvalue weighted by molar-refractivity contribution is 6.12. The third-order valence-corrected chi connectivity index (χ3v) is 3.73. The lowest BCUT2D eigenvalue weighted by molar-refractivity contribution is 0.0597. The van der Waals surface area contributed by atoms with Gasteiger partial charge in [0, 0.05) is 16.3 Å². The van der Waals surface area contributed by atoms with E-state index in [0.717, 1.165) is 11.1 Å². The normalized spacial score (nSPS) is 15.4. The third-order valence-electron chi connectivity index (χ3n) is 3.73. The van der Waals surface area contributed by atoms with E-state index >= 15 is 0 Å². The molecule has 0 amide bonds. The lowest BCUT2D eigenvalue weighted by Gasteiger charge is -2.31. The van der Waals surface area contributed by atoms with E-state index in [1.165, 1.54) is 7.11 Å². The van der Waals surface area contributed by atoms with Crippen molar-refractivity contribution in [1.29, 1.82) is 0 Å². The van der Waals surface area contributed by atoms with Crippen molar-refractivity contribution in [2.75, 3.05) is 12.4 Å². The topological polar surface area (TPSA) is 58.6 Å². The average Bonchev–Trinajstić information content (AvgIpc) is 2.47. The van der Waals surface area contributed by atoms with Gasteiger partial charge in [0.1, 0.15) is 11.3 Å². The van der Waals surface area contributed by atoms with Gasteiger partial charge in [-0.2, -0.15) is 0 Å². The van der Waals surface area contributed by atoms with Gasteiger partial charge in [-0.05, 0) is 13.8 Å². The molecule has 0 saturated heterocycles. The summed E-state index contributed by atoms with van der Waals surface area (Å²) in [5.74, 6) is -0.581. The van der Waals surface area contributed by atoms with Crippen molar-refractivity contribution in [2.45, 2.75) is 19.4 Å². The molecule has 21 heavy (non-hydrogen) atoms. The van der Waals surface area contributed by atoms with Crippen molar-refractivity contribution in [2.24, 2.45) is 0 Å². The SMILES string of the molecule is COC(=O)c1c2c(c3ccccc3c1O)NC(C)(C)C=C2. The molecule has 0 radical (unpaired) electrons. The van der Waals surface area contributed by atoms with Crippen LogP contribution in [0.1, 0.15) is 29.8 Å². The van der Waals surface area contributed by atoms with Crippen LogP contribution in [0.15, 0.2) is 30.3 Å². The Labute approximate surface area is 123 Å². The zero-order valence-corrected chi connectivity index (χ0v) is 12.2. The largest absolute Gasteiger partial charge is 0.506 e. The van der Waals surface area contributed by atoms with Gasteiger partial charge in [-0.15, -0.1) is 0 Å². The highest BCUT2D eigenvalue weighted by Gasteiger charge is 2.28. The number of carbonyl (C=O) groups excluding carboxylic acids is 1. The van der Waals surface area contributed by atoms with Crippen molar-refractivity contribution in [3.05, 3.63) is 41.5 Å². The summed E-state index contributed by atoms with van der Waals surface area (Å²) >= 11 is 0. The van der Waals surface area contributed by atoms with Gasteiger partial charge in [-0.1, -0.05) is 36.4 Å². The molecule has 0 fully saturated rings. The highest BCUT2D eigenvalue weighted by Crippen LogP contribution is 2.42. The number of esters is 1. The Hall–Kier alpha value is -2.49. The van der Waals surface area contributed by atoms with Gasteiger partial charge >= 0.3 is 5.97 Å². The van der Waals surface area contributed by atoms with E-state index in [4.69, 9.17) is 4.74 Å². The number of rotatable bonds is 1. The first-order chi connectivity index (χ1) is 9.94. The van der Waals surface area contributed by atoms with Crippen LogP contribution in [0.4, 0.5) is 5.69 Å². The number of fused-ring (bicyclic) bond motifs is 3. The molecular weight excluding hydrogens is 266 g/mol. The molecule has 3 rings (SSSR count). The second-order valence-electron chi connectivity index (χ2n) is 5.73. The van der Waals surface area contributed by atoms with Crippen LogP contribution in [0.25, 0.3) is 16.8 Å². The molecule has 4 nitrogen and oxygen atoms in total. The van der Waals surface area contributed by atoms with Crippen LogP contribution in [0.5, 0.6) is 5.75 Å². The maximum absolute atomic E-state index is 12.1. The summed E-state index contributed by atoms with van der Waals surface area (Å²) in [6, 6.07) is 7.47. The zero-order chi connectivity index (χ0) is 15.2. The molecule has 0 bridgehead atoms.